The summed E-state index contributed by atoms with van der Waals surface area (Å²) in [7, 11) is 0. The van der Waals surface area contributed by atoms with Gasteiger partial charge in [0, 0.05) is 35.8 Å². The van der Waals surface area contributed by atoms with Crippen LogP contribution in [0.3, 0.4) is 0 Å². The van der Waals surface area contributed by atoms with Crippen molar-refractivity contribution < 1.29 is 9.18 Å². The zero-order valence-corrected chi connectivity index (χ0v) is 18.4. The number of nitrogens with one attached hydrogen (secondary N) is 3. The third-order valence-electron chi connectivity index (χ3n) is 4.41. The van der Waals surface area contributed by atoms with Crippen LogP contribution in [0.4, 0.5) is 27.2 Å². The molecule has 1 saturated heterocycles. The van der Waals surface area contributed by atoms with Crippen LogP contribution in [0.5, 0.6) is 0 Å². The van der Waals surface area contributed by atoms with Gasteiger partial charge in [-0.3, -0.25) is 9.89 Å². The van der Waals surface area contributed by atoms with Crippen molar-refractivity contribution in [3.8, 4) is 12.8 Å². The Morgan fingerprint density at radius 2 is 2.09 bits per heavy atom. The third-order valence-corrected chi connectivity index (χ3v) is 5.17. The van der Waals surface area contributed by atoms with Crippen molar-refractivity contribution in [3.63, 3.8) is 0 Å². The normalized spacial score (nSPS) is 16.9. The van der Waals surface area contributed by atoms with Gasteiger partial charge in [0.2, 0.25) is 28.7 Å². The molecule has 2 fully saturated rings. The highest BCUT2D eigenvalue weighted by Gasteiger charge is 2.26. The molecule has 2 aliphatic rings. The number of aromatic amines is 1. The number of anilines is 4. The van der Waals surface area contributed by atoms with Crippen LogP contribution in [0, 0.1) is 12.8 Å². The van der Waals surface area contributed by atoms with E-state index in [-0.39, 0.29) is 11.8 Å². The van der Waals surface area contributed by atoms with Gasteiger partial charge in [0.1, 0.15) is 12.5 Å². The number of carbonyl (C=O) groups is 1. The Morgan fingerprint density at radius 1 is 1.28 bits per heavy atom. The quantitative estimate of drug-likeness (QED) is 0.360. The molecular weight excluding hydrogens is 459 g/mol. The zero-order valence-electron chi connectivity index (χ0n) is 16.8. The van der Waals surface area contributed by atoms with Crippen LogP contribution in [0.25, 0.3) is 0 Å². The smallest absolute Gasteiger partial charge is 0.234 e. The van der Waals surface area contributed by atoms with Gasteiger partial charge in [0.25, 0.3) is 0 Å². The molecule has 5 rings (SSSR count). The molecular formula is C18H20ClFN10OS. The molecule has 3 aromatic heterocycles. The molecule has 11 nitrogen and oxygen atoms in total. The topological polar surface area (TPSA) is 138 Å². The summed E-state index contributed by atoms with van der Waals surface area (Å²) in [5.74, 6) is 1.93. The van der Waals surface area contributed by atoms with E-state index >= 15 is 0 Å². The van der Waals surface area contributed by atoms with Crippen LogP contribution in [0.15, 0.2) is 12.4 Å². The van der Waals surface area contributed by atoms with E-state index in [4.69, 9.17) is 11.6 Å². The fraction of sp³-hybridized carbons (Fsp3) is 0.389. The highest BCUT2D eigenvalue weighted by molar-refractivity contribution is 7.09. The number of nitrogens with zero attached hydrogens (tertiary/aromatic N) is 7. The molecule has 1 aliphatic heterocycles. The number of alkyl halides is 1. The summed E-state index contributed by atoms with van der Waals surface area (Å²) in [5.41, 5.74) is 1.11. The molecule has 0 aromatic carbocycles. The van der Waals surface area contributed by atoms with E-state index in [2.05, 4.69) is 58.0 Å². The lowest BCUT2D eigenvalue weighted by atomic mass is 10.3. The summed E-state index contributed by atoms with van der Waals surface area (Å²) in [4.78, 5) is 27.6. The molecule has 0 radical (unpaired) electrons. The van der Waals surface area contributed by atoms with Gasteiger partial charge in [-0.15, -0.1) is 12.8 Å². The summed E-state index contributed by atoms with van der Waals surface area (Å²) in [6, 6.07) is 1.95. The summed E-state index contributed by atoms with van der Waals surface area (Å²) in [6.07, 6.45) is 12.0. The molecule has 1 amide bonds. The zero-order chi connectivity index (χ0) is 22.9. The van der Waals surface area contributed by atoms with Crippen molar-refractivity contribution >= 4 is 52.4 Å². The highest BCUT2D eigenvalue weighted by atomic mass is 35.5. The van der Waals surface area contributed by atoms with Crippen LogP contribution >= 0.6 is 23.1 Å². The van der Waals surface area contributed by atoms with E-state index in [1.165, 1.54) is 19.2 Å². The number of hydrogen-bond acceptors (Lipinski definition) is 10. The van der Waals surface area contributed by atoms with E-state index in [1.807, 2.05) is 6.07 Å². The van der Waals surface area contributed by atoms with Crippen molar-refractivity contribution in [1.29, 1.82) is 0 Å². The van der Waals surface area contributed by atoms with Gasteiger partial charge >= 0.3 is 0 Å². The Morgan fingerprint density at radius 3 is 2.72 bits per heavy atom. The maximum absolute atomic E-state index is 13.3. The highest BCUT2D eigenvalue weighted by Crippen LogP contribution is 2.39. The van der Waals surface area contributed by atoms with Crippen molar-refractivity contribution in [2.24, 2.45) is 0 Å². The number of terminal acetylenes is 1. The molecule has 1 saturated carbocycles. The average Bonchev–Trinajstić information content (AvgIpc) is 3.15. The maximum atomic E-state index is 13.3. The van der Waals surface area contributed by atoms with Crippen LogP contribution in [0.2, 0.25) is 5.28 Å². The minimum absolute atomic E-state index is 0.0766. The molecule has 1 atom stereocenters. The van der Waals surface area contributed by atoms with E-state index in [9.17, 15) is 9.18 Å². The van der Waals surface area contributed by atoms with Gasteiger partial charge in [-0.2, -0.15) is 24.4 Å². The Bertz CT molecular complexity index is 1030. The average molecular weight is 479 g/mol. The Balaban J connectivity index is 0.000000244. The van der Waals surface area contributed by atoms with Crippen molar-refractivity contribution in [2.75, 3.05) is 28.6 Å². The van der Waals surface area contributed by atoms with Crippen molar-refractivity contribution in [1.82, 2.24) is 34.5 Å². The second-order valence-corrected chi connectivity index (χ2v) is 7.79. The molecule has 0 spiro atoms. The summed E-state index contributed by atoms with van der Waals surface area (Å²) in [5, 5.41) is 13.2. The number of rotatable bonds is 6. The number of H-pyrrole nitrogens is 1. The number of carbonyl (C=O) groups excluding carboxylic acids is 1. The maximum Gasteiger partial charge on any atom is 0.234 e. The monoisotopic (exact) mass is 478 g/mol. The van der Waals surface area contributed by atoms with Crippen LogP contribution in [-0.4, -0.2) is 60.2 Å². The van der Waals surface area contributed by atoms with Gasteiger partial charge in [0.05, 0.1) is 6.54 Å². The largest absolute Gasteiger partial charge is 0.338 e. The van der Waals surface area contributed by atoms with Gasteiger partial charge in [-0.05, 0) is 30.9 Å². The first-order valence-electron chi connectivity index (χ1n) is 9.54. The molecule has 0 unspecified atom stereocenters. The predicted octanol–water partition coefficient (Wildman–Crippen LogP) is 2.77. The fourth-order valence-electron chi connectivity index (χ4n) is 2.84. The second kappa shape index (κ2) is 11.3. The Labute approximate surface area is 192 Å². The lowest BCUT2D eigenvalue weighted by Crippen LogP contribution is -2.23. The van der Waals surface area contributed by atoms with Gasteiger partial charge < -0.3 is 15.5 Å². The van der Waals surface area contributed by atoms with Crippen molar-refractivity contribution in [3.05, 3.63) is 23.4 Å². The number of halogens is 2. The van der Waals surface area contributed by atoms with Crippen LogP contribution in [0.1, 0.15) is 30.9 Å². The molecule has 0 bridgehead atoms. The van der Waals surface area contributed by atoms with E-state index in [1.54, 1.807) is 4.90 Å². The van der Waals surface area contributed by atoms with Gasteiger partial charge in [-0.25, -0.2) is 9.37 Å². The lowest BCUT2D eigenvalue weighted by molar-refractivity contribution is -0.105. The summed E-state index contributed by atoms with van der Waals surface area (Å²) >= 11 is 7.09. The van der Waals surface area contributed by atoms with E-state index in [0.717, 1.165) is 17.2 Å². The SMILES string of the molecule is C#C.F[C@@H]1CCN(c2nc(Cl)nc(Nc3cc(C4CC4)[nH]n3)n2)C1.O=CNc1ncns1. The van der Waals surface area contributed by atoms with Crippen LogP contribution in [-0.2, 0) is 4.79 Å². The van der Waals surface area contributed by atoms with Crippen molar-refractivity contribution in [2.45, 2.75) is 31.4 Å². The second-order valence-electron chi connectivity index (χ2n) is 6.68. The third kappa shape index (κ3) is 6.56. The Hall–Kier alpha value is -3.37. The molecule has 4 heterocycles. The number of aromatic nitrogens is 7. The predicted molar refractivity (Wildman–Crippen MR) is 120 cm³/mol. The molecule has 3 N–H and O–H groups in total. The summed E-state index contributed by atoms with van der Waals surface area (Å²) < 4.78 is 17.0. The summed E-state index contributed by atoms with van der Waals surface area (Å²) in [6.45, 7) is 0.864. The lowest BCUT2D eigenvalue weighted by Gasteiger charge is -2.15. The van der Waals surface area contributed by atoms with E-state index in [0.29, 0.717) is 48.1 Å². The molecule has 3 aromatic rings. The molecule has 32 heavy (non-hydrogen) atoms. The fourth-order valence-corrected chi connectivity index (χ4v) is 3.39. The standard InChI is InChI=1S/C13H15ClFN7.C3H3N3OS.C2H2/c14-11-17-12(16-10-5-9(20-21-10)7-1-2-7)19-13(18-11)22-4-3-8(15)6-22;7-2-5-3-4-1-6-8-3;1-2/h5,7-8H,1-4,6H2,(H2,16,17,18,19,20,21);1-2H,(H,4,5,6,7);1-2H/t8-;;/m1../s1. The minimum Gasteiger partial charge on any atom is -0.338 e. The first-order chi connectivity index (χ1) is 15.6. The van der Waals surface area contributed by atoms with Gasteiger partial charge in [0.15, 0.2) is 5.82 Å². The minimum atomic E-state index is -0.848. The first kappa shape index (κ1) is 23.3. The Kier molecular flexibility index (Phi) is 8.23. The first-order valence-corrected chi connectivity index (χ1v) is 10.7. The number of amides is 1. The molecule has 168 valence electrons. The van der Waals surface area contributed by atoms with Gasteiger partial charge in [-0.1, -0.05) is 0 Å². The van der Waals surface area contributed by atoms with E-state index < -0.39 is 6.17 Å². The molecule has 14 heteroatoms. The number of hydrogen-bond donors (Lipinski definition) is 3. The molecule has 1 aliphatic carbocycles. The van der Waals surface area contributed by atoms with Crippen LogP contribution < -0.4 is 15.5 Å².